The van der Waals surface area contributed by atoms with Gasteiger partial charge in [0.2, 0.25) is 0 Å². The summed E-state index contributed by atoms with van der Waals surface area (Å²) in [5.41, 5.74) is 1.74. The average Bonchev–Trinajstić information content (AvgIpc) is 2.40. The van der Waals surface area contributed by atoms with Crippen LogP contribution in [0.2, 0.25) is 5.02 Å². The highest BCUT2D eigenvalue weighted by molar-refractivity contribution is 9.10. The fraction of sp³-hybridized carbons (Fsp3) is 0.200. The first kappa shape index (κ1) is 14.5. The molecule has 0 spiro atoms. The lowest BCUT2D eigenvalue weighted by Gasteiger charge is -2.15. The minimum atomic E-state index is -0.236. The van der Waals surface area contributed by atoms with E-state index in [0.29, 0.717) is 17.1 Å². The monoisotopic (exact) mass is 341 g/mol. The summed E-state index contributed by atoms with van der Waals surface area (Å²) in [5.74, 6) is -0.236. The Kier molecular flexibility index (Phi) is 4.97. The summed E-state index contributed by atoms with van der Waals surface area (Å²) in [6.07, 6.45) is 0. The van der Waals surface area contributed by atoms with Crippen LogP contribution in [0.5, 0.6) is 0 Å². The van der Waals surface area contributed by atoms with E-state index in [1.54, 1.807) is 12.1 Å². The Morgan fingerprint density at radius 2 is 1.89 bits per heavy atom. The number of halogens is 3. The molecule has 100 valence electrons. The van der Waals surface area contributed by atoms with Crippen LogP contribution in [0.15, 0.2) is 46.9 Å². The van der Waals surface area contributed by atoms with Crippen molar-refractivity contribution in [3.8, 4) is 0 Å². The molecular formula is C15H14BrClFN. The Hall–Kier alpha value is -0.900. The van der Waals surface area contributed by atoms with Gasteiger partial charge in [-0.05, 0) is 42.8 Å². The molecular weight excluding hydrogens is 329 g/mol. The molecule has 1 N–H and O–H groups in total. The van der Waals surface area contributed by atoms with E-state index in [4.69, 9.17) is 11.6 Å². The van der Waals surface area contributed by atoms with Crippen LogP contribution in [0.3, 0.4) is 0 Å². The first-order chi connectivity index (χ1) is 9.06. The zero-order valence-corrected chi connectivity index (χ0v) is 12.8. The largest absolute Gasteiger partial charge is 0.306 e. The molecule has 0 saturated carbocycles. The van der Waals surface area contributed by atoms with Crippen LogP contribution in [0, 0.1) is 5.82 Å². The van der Waals surface area contributed by atoms with Crippen molar-refractivity contribution in [3.05, 3.63) is 68.9 Å². The second-order valence-corrected chi connectivity index (χ2v) is 5.74. The zero-order chi connectivity index (χ0) is 13.8. The fourth-order valence-corrected chi connectivity index (χ4v) is 2.27. The molecule has 0 aliphatic heterocycles. The van der Waals surface area contributed by atoms with Crippen LogP contribution in [-0.2, 0) is 6.54 Å². The van der Waals surface area contributed by atoms with Gasteiger partial charge in [0.1, 0.15) is 5.82 Å². The van der Waals surface area contributed by atoms with Gasteiger partial charge in [0.15, 0.2) is 0 Å². The Bertz CT molecular complexity index is 557. The number of benzene rings is 2. The Labute approximate surface area is 125 Å². The highest BCUT2D eigenvalue weighted by Crippen LogP contribution is 2.19. The van der Waals surface area contributed by atoms with E-state index in [0.717, 1.165) is 10.0 Å². The maximum atomic E-state index is 13.6. The lowest BCUT2D eigenvalue weighted by atomic mass is 10.1. The molecule has 19 heavy (non-hydrogen) atoms. The van der Waals surface area contributed by atoms with Crippen LogP contribution in [0.25, 0.3) is 0 Å². The number of nitrogens with one attached hydrogen (secondary N) is 1. The van der Waals surface area contributed by atoms with Crippen molar-refractivity contribution in [3.63, 3.8) is 0 Å². The van der Waals surface area contributed by atoms with Gasteiger partial charge in [-0.25, -0.2) is 4.39 Å². The van der Waals surface area contributed by atoms with E-state index < -0.39 is 0 Å². The van der Waals surface area contributed by atoms with Gasteiger partial charge in [-0.2, -0.15) is 0 Å². The van der Waals surface area contributed by atoms with Crippen molar-refractivity contribution in [1.82, 2.24) is 5.32 Å². The molecule has 0 bridgehead atoms. The molecule has 2 aromatic rings. The van der Waals surface area contributed by atoms with E-state index in [1.807, 2.05) is 31.2 Å². The molecule has 0 aliphatic carbocycles. The lowest BCUT2D eigenvalue weighted by Crippen LogP contribution is -2.18. The first-order valence-electron chi connectivity index (χ1n) is 5.99. The molecule has 2 aromatic carbocycles. The third-order valence-electron chi connectivity index (χ3n) is 2.98. The first-order valence-corrected chi connectivity index (χ1v) is 7.16. The van der Waals surface area contributed by atoms with Gasteiger partial charge >= 0.3 is 0 Å². The minimum Gasteiger partial charge on any atom is -0.306 e. The van der Waals surface area contributed by atoms with Crippen LogP contribution in [0.4, 0.5) is 4.39 Å². The van der Waals surface area contributed by atoms with Crippen molar-refractivity contribution in [2.75, 3.05) is 0 Å². The van der Waals surface area contributed by atoms with Crippen LogP contribution in [0.1, 0.15) is 24.1 Å². The Morgan fingerprint density at radius 1 is 1.21 bits per heavy atom. The SMILES string of the molecule is CC(NCc1cc(Cl)ccc1F)c1ccc(Br)cc1. The molecule has 2 rings (SSSR count). The topological polar surface area (TPSA) is 12.0 Å². The fourth-order valence-electron chi connectivity index (χ4n) is 1.81. The highest BCUT2D eigenvalue weighted by atomic mass is 79.9. The van der Waals surface area contributed by atoms with Crippen LogP contribution < -0.4 is 5.32 Å². The minimum absolute atomic E-state index is 0.145. The molecule has 0 saturated heterocycles. The summed E-state index contributed by atoms with van der Waals surface area (Å²) in [7, 11) is 0. The van der Waals surface area contributed by atoms with Crippen LogP contribution in [-0.4, -0.2) is 0 Å². The third-order valence-corrected chi connectivity index (χ3v) is 3.74. The molecule has 4 heteroatoms. The van der Waals surface area contributed by atoms with Crippen molar-refractivity contribution in [1.29, 1.82) is 0 Å². The van der Waals surface area contributed by atoms with Crippen molar-refractivity contribution >= 4 is 27.5 Å². The molecule has 0 fully saturated rings. The molecule has 0 aromatic heterocycles. The summed E-state index contributed by atoms with van der Waals surface area (Å²) in [6, 6.07) is 12.8. The van der Waals surface area contributed by atoms with E-state index in [2.05, 4.69) is 21.2 Å². The van der Waals surface area contributed by atoms with Crippen molar-refractivity contribution < 1.29 is 4.39 Å². The summed E-state index contributed by atoms with van der Waals surface area (Å²) < 4.78 is 14.6. The number of hydrogen-bond donors (Lipinski definition) is 1. The second-order valence-electron chi connectivity index (χ2n) is 4.39. The Morgan fingerprint density at radius 3 is 2.58 bits per heavy atom. The van der Waals surface area contributed by atoms with Crippen molar-refractivity contribution in [2.45, 2.75) is 19.5 Å². The summed E-state index contributed by atoms with van der Waals surface area (Å²) in [6.45, 7) is 2.50. The normalized spacial score (nSPS) is 12.4. The van der Waals surface area contributed by atoms with Gasteiger partial charge in [-0.3, -0.25) is 0 Å². The summed E-state index contributed by atoms with van der Waals surface area (Å²) >= 11 is 9.27. The van der Waals surface area contributed by atoms with Crippen molar-refractivity contribution in [2.24, 2.45) is 0 Å². The van der Waals surface area contributed by atoms with Gasteiger partial charge < -0.3 is 5.32 Å². The van der Waals surface area contributed by atoms with Gasteiger partial charge in [0.25, 0.3) is 0 Å². The highest BCUT2D eigenvalue weighted by Gasteiger charge is 2.07. The second kappa shape index (κ2) is 6.51. The molecule has 0 heterocycles. The number of hydrogen-bond acceptors (Lipinski definition) is 1. The van der Waals surface area contributed by atoms with Gasteiger partial charge in [-0.15, -0.1) is 0 Å². The summed E-state index contributed by atoms with van der Waals surface area (Å²) in [4.78, 5) is 0. The van der Waals surface area contributed by atoms with Gasteiger partial charge in [-0.1, -0.05) is 39.7 Å². The predicted molar refractivity (Wildman–Crippen MR) is 80.8 cm³/mol. The van der Waals surface area contributed by atoms with E-state index >= 15 is 0 Å². The maximum absolute atomic E-state index is 13.6. The average molecular weight is 343 g/mol. The number of rotatable bonds is 4. The maximum Gasteiger partial charge on any atom is 0.127 e. The van der Waals surface area contributed by atoms with E-state index in [1.165, 1.54) is 6.07 Å². The predicted octanol–water partition coefficient (Wildman–Crippen LogP) is 5.09. The molecule has 0 radical (unpaired) electrons. The smallest absolute Gasteiger partial charge is 0.127 e. The third kappa shape index (κ3) is 4.03. The van der Waals surface area contributed by atoms with Crippen LogP contribution >= 0.6 is 27.5 Å². The zero-order valence-electron chi connectivity index (χ0n) is 10.5. The summed E-state index contributed by atoms with van der Waals surface area (Å²) in [5, 5.41) is 3.84. The molecule has 0 amide bonds. The van der Waals surface area contributed by atoms with E-state index in [-0.39, 0.29) is 11.9 Å². The quantitative estimate of drug-likeness (QED) is 0.816. The molecule has 0 aliphatic rings. The van der Waals surface area contributed by atoms with Gasteiger partial charge in [0, 0.05) is 27.6 Å². The Balaban J connectivity index is 2.02. The molecule has 1 nitrogen and oxygen atoms in total. The standard InChI is InChI=1S/C15H14BrClFN/c1-10(11-2-4-13(16)5-3-11)19-9-12-8-14(17)6-7-15(12)18/h2-8,10,19H,9H2,1H3. The molecule has 1 atom stereocenters. The lowest BCUT2D eigenvalue weighted by molar-refractivity contribution is 0.544. The van der Waals surface area contributed by atoms with E-state index in [9.17, 15) is 4.39 Å². The molecule has 1 unspecified atom stereocenters. The van der Waals surface area contributed by atoms with Gasteiger partial charge in [0.05, 0.1) is 0 Å².